The maximum atomic E-state index is 3.48. The van der Waals surface area contributed by atoms with Gasteiger partial charge in [0, 0.05) is 4.47 Å². The summed E-state index contributed by atoms with van der Waals surface area (Å²) in [6.45, 7) is 2.27. The molecule has 0 aromatic heterocycles. The molecular formula is C18H23Br. The van der Waals surface area contributed by atoms with Gasteiger partial charge in [-0.3, -0.25) is 0 Å². The molecule has 0 aliphatic heterocycles. The molecule has 19 heavy (non-hydrogen) atoms. The third kappa shape index (κ3) is 4.65. The van der Waals surface area contributed by atoms with Crippen molar-refractivity contribution in [3.63, 3.8) is 0 Å². The Labute approximate surface area is 125 Å². The van der Waals surface area contributed by atoms with E-state index in [-0.39, 0.29) is 0 Å². The Morgan fingerprint density at radius 2 is 1.89 bits per heavy atom. The SMILES string of the molecule is CCCCCCC1C=CC(c2ccc(Br)cc2)=CC1. The number of hydrogen-bond donors (Lipinski definition) is 0. The lowest BCUT2D eigenvalue weighted by molar-refractivity contribution is 0.532. The van der Waals surface area contributed by atoms with Crippen LogP contribution in [0.2, 0.25) is 0 Å². The van der Waals surface area contributed by atoms with Gasteiger partial charge in [0.15, 0.2) is 0 Å². The zero-order valence-electron chi connectivity index (χ0n) is 11.7. The molecule has 102 valence electrons. The normalized spacial score (nSPS) is 18.4. The third-order valence-electron chi connectivity index (χ3n) is 3.79. The molecule has 0 bridgehead atoms. The van der Waals surface area contributed by atoms with E-state index < -0.39 is 0 Å². The van der Waals surface area contributed by atoms with Gasteiger partial charge in [0.2, 0.25) is 0 Å². The lowest BCUT2D eigenvalue weighted by atomic mass is 9.89. The van der Waals surface area contributed by atoms with Crippen molar-refractivity contribution in [2.75, 3.05) is 0 Å². The summed E-state index contributed by atoms with van der Waals surface area (Å²) in [5.41, 5.74) is 2.70. The molecule has 0 amide bonds. The van der Waals surface area contributed by atoms with Crippen LogP contribution < -0.4 is 0 Å². The lowest BCUT2D eigenvalue weighted by Gasteiger charge is -2.16. The Hall–Kier alpha value is -0.820. The Morgan fingerprint density at radius 1 is 1.11 bits per heavy atom. The highest BCUT2D eigenvalue weighted by Gasteiger charge is 2.09. The number of benzene rings is 1. The molecule has 0 spiro atoms. The topological polar surface area (TPSA) is 0 Å². The summed E-state index contributed by atoms with van der Waals surface area (Å²) in [5.74, 6) is 0.760. The summed E-state index contributed by atoms with van der Waals surface area (Å²) < 4.78 is 1.14. The fraction of sp³-hybridized carbons (Fsp3) is 0.444. The number of hydrogen-bond acceptors (Lipinski definition) is 0. The second-order valence-electron chi connectivity index (χ2n) is 5.37. The molecule has 2 rings (SSSR count). The van der Waals surface area contributed by atoms with Crippen LogP contribution in [0.3, 0.4) is 0 Å². The first-order chi connectivity index (χ1) is 9.29. The maximum absolute atomic E-state index is 3.48. The van der Waals surface area contributed by atoms with Crippen molar-refractivity contribution in [3.8, 4) is 0 Å². The Morgan fingerprint density at radius 3 is 2.53 bits per heavy atom. The second kappa shape index (κ2) is 7.69. The van der Waals surface area contributed by atoms with Crippen LogP contribution in [-0.4, -0.2) is 0 Å². The average Bonchev–Trinajstić information content (AvgIpc) is 2.45. The highest BCUT2D eigenvalue weighted by atomic mass is 79.9. The smallest absolute Gasteiger partial charge is 0.0175 e. The van der Waals surface area contributed by atoms with Crippen LogP contribution in [0.15, 0.2) is 47.0 Å². The predicted molar refractivity (Wildman–Crippen MR) is 88.1 cm³/mol. The van der Waals surface area contributed by atoms with Crippen molar-refractivity contribution in [2.24, 2.45) is 5.92 Å². The van der Waals surface area contributed by atoms with E-state index in [9.17, 15) is 0 Å². The Balaban J connectivity index is 1.83. The van der Waals surface area contributed by atoms with E-state index in [0.717, 1.165) is 10.4 Å². The highest BCUT2D eigenvalue weighted by molar-refractivity contribution is 9.10. The first-order valence-electron chi connectivity index (χ1n) is 7.44. The van der Waals surface area contributed by atoms with Gasteiger partial charge in [-0.2, -0.15) is 0 Å². The molecule has 1 atom stereocenters. The van der Waals surface area contributed by atoms with Crippen molar-refractivity contribution in [3.05, 3.63) is 52.5 Å². The largest absolute Gasteiger partial charge is 0.0805 e. The molecule has 1 heteroatoms. The minimum Gasteiger partial charge on any atom is -0.0805 e. The number of halogens is 1. The highest BCUT2D eigenvalue weighted by Crippen LogP contribution is 2.27. The van der Waals surface area contributed by atoms with E-state index >= 15 is 0 Å². The molecule has 1 aliphatic carbocycles. The van der Waals surface area contributed by atoms with Crippen LogP contribution in [0.5, 0.6) is 0 Å². The van der Waals surface area contributed by atoms with E-state index in [1.165, 1.54) is 49.7 Å². The third-order valence-corrected chi connectivity index (χ3v) is 4.32. The molecule has 1 aliphatic rings. The van der Waals surface area contributed by atoms with E-state index in [2.05, 4.69) is 65.3 Å². The van der Waals surface area contributed by atoms with Gasteiger partial charge >= 0.3 is 0 Å². The fourth-order valence-electron chi connectivity index (χ4n) is 2.57. The Kier molecular flexibility index (Phi) is 5.91. The number of rotatable bonds is 6. The van der Waals surface area contributed by atoms with E-state index in [0.29, 0.717) is 0 Å². The van der Waals surface area contributed by atoms with Gasteiger partial charge in [-0.05, 0) is 42.0 Å². The summed E-state index contributed by atoms with van der Waals surface area (Å²) in [4.78, 5) is 0. The van der Waals surface area contributed by atoms with Crippen LogP contribution in [-0.2, 0) is 0 Å². The van der Waals surface area contributed by atoms with Gasteiger partial charge in [0.05, 0.1) is 0 Å². The molecule has 1 unspecified atom stereocenters. The Bertz CT molecular complexity index is 439. The quantitative estimate of drug-likeness (QED) is 0.534. The molecule has 0 nitrogen and oxygen atoms in total. The van der Waals surface area contributed by atoms with Crippen molar-refractivity contribution in [1.82, 2.24) is 0 Å². The monoisotopic (exact) mass is 318 g/mol. The first-order valence-corrected chi connectivity index (χ1v) is 8.23. The number of unbranched alkanes of at least 4 members (excludes halogenated alkanes) is 3. The van der Waals surface area contributed by atoms with Gasteiger partial charge in [-0.15, -0.1) is 0 Å². The minimum atomic E-state index is 0.760. The van der Waals surface area contributed by atoms with E-state index in [4.69, 9.17) is 0 Å². The van der Waals surface area contributed by atoms with Crippen molar-refractivity contribution in [1.29, 1.82) is 0 Å². The molecule has 1 aromatic rings. The molecule has 0 heterocycles. The van der Waals surface area contributed by atoms with E-state index in [1.54, 1.807) is 0 Å². The molecule has 0 fully saturated rings. The second-order valence-corrected chi connectivity index (χ2v) is 6.29. The zero-order valence-corrected chi connectivity index (χ0v) is 13.3. The molecule has 0 saturated carbocycles. The van der Waals surface area contributed by atoms with Gasteiger partial charge in [0.1, 0.15) is 0 Å². The molecule has 0 radical (unpaired) electrons. The fourth-order valence-corrected chi connectivity index (χ4v) is 2.83. The van der Waals surface area contributed by atoms with Crippen molar-refractivity contribution < 1.29 is 0 Å². The molecular weight excluding hydrogens is 296 g/mol. The molecule has 0 saturated heterocycles. The van der Waals surface area contributed by atoms with Gasteiger partial charge < -0.3 is 0 Å². The minimum absolute atomic E-state index is 0.760. The lowest BCUT2D eigenvalue weighted by Crippen LogP contribution is -2.00. The maximum Gasteiger partial charge on any atom is 0.0175 e. The summed E-state index contributed by atoms with van der Waals surface area (Å²) in [5, 5.41) is 0. The van der Waals surface area contributed by atoms with E-state index in [1.807, 2.05) is 0 Å². The van der Waals surface area contributed by atoms with Gasteiger partial charge in [-0.25, -0.2) is 0 Å². The van der Waals surface area contributed by atoms with Crippen LogP contribution >= 0.6 is 15.9 Å². The van der Waals surface area contributed by atoms with Gasteiger partial charge in [-0.1, -0.05) is 78.9 Å². The molecule has 0 N–H and O–H groups in total. The summed E-state index contributed by atoms with van der Waals surface area (Å²) in [6.07, 6.45) is 15.1. The average molecular weight is 319 g/mol. The standard InChI is InChI=1S/C18H23Br/c1-2-3-4-5-6-15-7-9-16(10-8-15)17-11-13-18(19)14-12-17/h7,9-15H,2-6,8H2,1H3. The molecule has 1 aromatic carbocycles. The first kappa shape index (κ1) is 14.6. The van der Waals surface area contributed by atoms with Crippen molar-refractivity contribution >= 4 is 21.5 Å². The zero-order chi connectivity index (χ0) is 13.5. The van der Waals surface area contributed by atoms with Crippen LogP contribution in [0.25, 0.3) is 5.57 Å². The van der Waals surface area contributed by atoms with Crippen molar-refractivity contribution in [2.45, 2.75) is 45.4 Å². The summed E-state index contributed by atoms with van der Waals surface area (Å²) in [6, 6.07) is 8.59. The summed E-state index contributed by atoms with van der Waals surface area (Å²) in [7, 11) is 0. The van der Waals surface area contributed by atoms with Crippen LogP contribution in [0, 0.1) is 5.92 Å². The predicted octanol–water partition coefficient (Wildman–Crippen LogP) is 6.38. The van der Waals surface area contributed by atoms with Gasteiger partial charge in [0.25, 0.3) is 0 Å². The van der Waals surface area contributed by atoms with Crippen LogP contribution in [0.4, 0.5) is 0 Å². The van der Waals surface area contributed by atoms with Crippen LogP contribution in [0.1, 0.15) is 51.0 Å². The summed E-state index contributed by atoms with van der Waals surface area (Å²) >= 11 is 3.48. The number of allylic oxidation sites excluding steroid dienone is 4.